The van der Waals surface area contributed by atoms with Crippen LogP contribution in [0, 0.1) is 0 Å². The van der Waals surface area contributed by atoms with Crippen LogP contribution in [0.5, 0.6) is 0 Å². The summed E-state index contributed by atoms with van der Waals surface area (Å²) in [5.74, 6) is -0.0666. The minimum Gasteiger partial charge on any atom is -0.469 e. The van der Waals surface area contributed by atoms with E-state index >= 15 is 0 Å². The first-order valence-electron chi connectivity index (χ1n) is 8.38. The predicted octanol–water partition coefficient (Wildman–Crippen LogP) is 5.26. The van der Waals surface area contributed by atoms with Crippen molar-refractivity contribution < 1.29 is 9.53 Å². The van der Waals surface area contributed by atoms with E-state index in [0.29, 0.717) is 6.42 Å². The Hall–Kier alpha value is 0.470. The maximum Gasteiger partial charge on any atom is 0.305 e. The van der Waals surface area contributed by atoms with Crippen molar-refractivity contribution in [1.29, 1.82) is 0 Å². The largest absolute Gasteiger partial charge is 0.469 e. The molecule has 0 bridgehead atoms. The summed E-state index contributed by atoms with van der Waals surface area (Å²) in [4.78, 5) is 10.9. The molecule has 1 radical (unpaired) electrons. The molecule has 20 heavy (non-hydrogen) atoms. The van der Waals surface area contributed by atoms with Gasteiger partial charge in [-0.05, 0) is 6.42 Å². The van der Waals surface area contributed by atoms with Crippen LogP contribution >= 0.6 is 0 Å². The molecule has 0 aliphatic rings. The normalized spacial score (nSPS) is 10.1. The molecule has 0 unspecified atom stereocenters. The maximum absolute atomic E-state index is 10.9. The Morgan fingerprint density at radius 1 is 0.700 bits per heavy atom. The Morgan fingerprint density at radius 3 is 1.40 bits per heavy atom. The number of unbranched alkanes of at least 4 members (excludes halogenated alkanes) is 12. The van der Waals surface area contributed by atoms with Crippen molar-refractivity contribution in [3.8, 4) is 0 Å². The zero-order chi connectivity index (χ0) is 14.2. The first kappa shape index (κ1) is 22.7. The summed E-state index contributed by atoms with van der Waals surface area (Å²) in [6.07, 6.45) is 18.0. The average molecular weight is 293 g/mol. The molecule has 0 amide bonds. The van der Waals surface area contributed by atoms with Crippen molar-refractivity contribution in [3.63, 3.8) is 0 Å². The zero-order valence-electron chi connectivity index (χ0n) is 14.2. The van der Waals surface area contributed by atoms with Crippen LogP contribution in [-0.2, 0) is 9.53 Å². The van der Waals surface area contributed by atoms with Crippen LogP contribution in [0.25, 0.3) is 0 Å². The monoisotopic (exact) mass is 293 g/mol. The van der Waals surface area contributed by atoms with Crippen molar-refractivity contribution in [2.45, 2.75) is 96.8 Å². The van der Waals surface area contributed by atoms with E-state index in [1.165, 1.54) is 84.2 Å². The third-order valence-corrected chi connectivity index (χ3v) is 3.71. The Morgan fingerprint density at radius 2 is 1.05 bits per heavy atom. The van der Waals surface area contributed by atoms with Gasteiger partial charge in [-0.25, -0.2) is 0 Å². The van der Waals surface area contributed by atoms with Gasteiger partial charge in [0.2, 0.25) is 0 Å². The average Bonchev–Trinajstić information content (AvgIpc) is 2.43. The molecule has 0 aromatic rings. The summed E-state index contributed by atoms with van der Waals surface area (Å²) in [6, 6.07) is 0. The van der Waals surface area contributed by atoms with Crippen molar-refractivity contribution in [2.75, 3.05) is 7.11 Å². The molecular weight excluding hydrogens is 259 g/mol. The van der Waals surface area contributed by atoms with Crippen LogP contribution in [0.2, 0.25) is 0 Å². The summed E-state index contributed by atoms with van der Waals surface area (Å²) in [5, 5.41) is 0. The summed E-state index contributed by atoms with van der Waals surface area (Å²) in [7, 11) is 1.46. The van der Waals surface area contributed by atoms with Crippen LogP contribution in [0.4, 0.5) is 0 Å². The van der Waals surface area contributed by atoms with Crippen molar-refractivity contribution in [2.24, 2.45) is 0 Å². The molecule has 0 aromatic carbocycles. The molecule has 0 saturated carbocycles. The molecule has 0 saturated heterocycles. The second-order valence-electron chi connectivity index (χ2n) is 5.57. The zero-order valence-corrected chi connectivity index (χ0v) is 16.2. The van der Waals surface area contributed by atoms with Gasteiger partial charge in [-0.15, -0.1) is 0 Å². The number of carbonyl (C=O) groups excluding carboxylic acids is 1. The van der Waals surface area contributed by atoms with Gasteiger partial charge in [0.05, 0.1) is 7.11 Å². The van der Waals surface area contributed by atoms with Crippen LogP contribution in [-0.4, -0.2) is 42.6 Å². The molecular formula is C17H34NaO2. The predicted molar refractivity (Wildman–Crippen MR) is 88.1 cm³/mol. The van der Waals surface area contributed by atoms with E-state index in [9.17, 15) is 4.79 Å². The van der Waals surface area contributed by atoms with Gasteiger partial charge in [-0.2, -0.15) is 0 Å². The summed E-state index contributed by atoms with van der Waals surface area (Å²) >= 11 is 0. The minimum atomic E-state index is -0.0666. The molecule has 0 aromatic heterocycles. The van der Waals surface area contributed by atoms with Crippen LogP contribution in [0.3, 0.4) is 0 Å². The van der Waals surface area contributed by atoms with Crippen LogP contribution in [0.1, 0.15) is 96.8 Å². The van der Waals surface area contributed by atoms with E-state index in [-0.39, 0.29) is 35.5 Å². The third-order valence-electron chi connectivity index (χ3n) is 3.71. The Bertz CT molecular complexity index is 195. The van der Waals surface area contributed by atoms with E-state index in [2.05, 4.69) is 11.7 Å². The van der Waals surface area contributed by atoms with Gasteiger partial charge in [0.1, 0.15) is 0 Å². The fourth-order valence-electron chi connectivity index (χ4n) is 2.39. The van der Waals surface area contributed by atoms with Crippen LogP contribution < -0.4 is 0 Å². The summed E-state index contributed by atoms with van der Waals surface area (Å²) < 4.78 is 4.62. The number of rotatable bonds is 14. The Kier molecular flexibility index (Phi) is 22.1. The van der Waals surface area contributed by atoms with Gasteiger partial charge in [0.25, 0.3) is 0 Å². The summed E-state index contributed by atoms with van der Waals surface area (Å²) in [6.45, 7) is 2.27. The number of methoxy groups -OCH3 is 1. The standard InChI is InChI=1S/C17H34O2.Na/c1-3-4-5-6-7-8-9-10-11-12-13-14-15-16-17(18)19-2;/h3-16H2,1-2H3;. The third kappa shape index (κ3) is 18.5. The van der Waals surface area contributed by atoms with Crippen molar-refractivity contribution in [3.05, 3.63) is 0 Å². The molecule has 0 aliphatic heterocycles. The maximum atomic E-state index is 10.9. The molecule has 0 aliphatic carbocycles. The smallest absolute Gasteiger partial charge is 0.305 e. The molecule has 0 fully saturated rings. The second kappa shape index (κ2) is 19.5. The molecule has 0 spiro atoms. The quantitative estimate of drug-likeness (QED) is 0.248. The first-order valence-corrected chi connectivity index (χ1v) is 8.38. The van der Waals surface area contributed by atoms with Gasteiger partial charge < -0.3 is 4.74 Å². The fraction of sp³-hybridized carbons (Fsp3) is 0.941. The van der Waals surface area contributed by atoms with Gasteiger partial charge in [0.15, 0.2) is 0 Å². The molecule has 0 heterocycles. The molecule has 0 atom stereocenters. The van der Waals surface area contributed by atoms with Crippen molar-refractivity contribution >= 4 is 35.5 Å². The topological polar surface area (TPSA) is 26.3 Å². The first-order chi connectivity index (χ1) is 9.31. The van der Waals surface area contributed by atoms with Gasteiger partial charge in [-0.3, -0.25) is 4.79 Å². The van der Waals surface area contributed by atoms with Crippen LogP contribution in [0.15, 0.2) is 0 Å². The number of hydrogen-bond acceptors (Lipinski definition) is 2. The van der Waals surface area contributed by atoms with Crippen molar-refractivity contribution in [1.82, 2.24) is 0 Å². The minimum absolute atomic E-state index is 0. The molecule has 0 N–H and O–H groups in total. The number of esters is 1. The Balaban J connectivity index is 0. The number of ether oxygens (including phenoxy) is 1. The van der Waals surface area contributed by atoms with E-state index in [1.807, 2.05) is 0 Å². The van der Waals surface area contributed by atoms with E-state index in [1.54, 1.807) is 0 Å². The SMILES string of the molecule is CCCCCCCCCCCCCCCC(=O)OC.[Na]. The fourth-order valence-corrected chi connectivity index (χ4v) is 2.39. The van der Waals surface area contributed by atoms with Gasteiger partial charge in [0, 0.05) is 36.0 Å². The molecule has 115 valence electrons. The van der Waals surface area contributed by atoms with E-state index < -0.39 is 0 Å². The second-order valence-corrected chi connectivity index (χ2v) is 5.57. The molecule has 2 nitrogen and oxygen atoms in total. The molecule has 3 heteroatoms. The van der Waals surface area contributed by atoms with Gasteiger partial charge in [-0.1, -0.05) is 84.0 Å². The van der Waals surface area contributed by atoms with E-state index in [4.69, 9.17) is 0 Å². The van der Waals surface area contributed by atoms with Gasteiger partial charge >= 0.3 is 5.97 Å². The number of carbonyl (C=O) groups is 1. The van der Waals surface area contributed by atoms with E-state index in [0.717, 1.165) is 6.42 Å². The molecule has 0 rings (SSSR count). The Labute approximate surface area is 148 Å². The number of hydrogen-bond donors (Lipinski definition) is 0. The summed E-state index contributed by atoms with van der Waals surface area (Å²) in [5.41, 5.74) is 0.